The van der Waals surface area contributed by atoms with Crippen molar-refractivity contribution in [3.63, 3.8) is 0 Å². The number of hydrogen-bond acceptors (Lipinski definition) is 3. The minimum atomic E-state index is -0.944. The van der Waals surface area contributed by atoms with Gasteiger partial charge in [-0.15, -0.1) is 0 Å². The maximum Gasteiger partial charge on any atom is 0.308 e. The van der Waals surface area contributed by atoms with E-state index in [1.165, 1.54) is 6.07 Å². The number of amides is 1. The minimum Gasteiger partial charge on any atom is -0.506 e. The molecule has 0 saturated carbocycles. The van der Waals surface area contributed by atoms with Gasteiger partial charge in [0.15, 0.2) is 0 Å². The fourth-order valence-electron chi connectivity index (χ4n) is 2.16. The first-order valence-corrected chi connectivity index (χ1v) is 6.76. The van der Waals surface area contributed by atoms with Crippen molar-refractivity contribution < 1.29 is 19.8 Å². The minimum absolute atomic E-state index is 0.0386. The number of phenols is 1. The number of phenolic OH excluding ortho intramolecular Hbond substituents is 1. The molecule has 0 aliphatic carbocycles. The van der Waals surface area contributed by atoms with Crippen LogP contribution in [0, 0.1) is 5.92 Å². The van der Waals surface area contributed by atoms with E-state index in [0.29, 0.717) is 11.8 Å². The van der Waals surface area contributed by atoms with Crippen molar-refractivity contribution in [3.8, 4) is 5.75 Å². The molecule has 3 N–H and O–H groups in total. The van der Waals surface area contributed by atoms with Gasteiger partial charge in [-0.25, -0.2) is 0 Å². The zero-order chi connectivity index (χ0) is 15.4. The number of carboxylic acid groups (broad SMARTS) is 1. The van der Waals surface area contributed by atoms with Gasteiger partial charge in [-0.1, -0.05) is 37.3 Å². The predicted octanol–water partition coefficient (Wildman–Crippen LogP) is 2.39. The highest BCUT2D eigenvalue weighted by atomic mass is 16.4. The fourth-order valence-corrected chi connectivity index (χ4v) is 2.16. The highest BCUT2D eigenvalue weighted by molar-refractivity contribution is 6.03. The van der Waals surface area contributed by atoms with E-state index in [0.717, 1.165) is 5.39 Å². The summed E-state index contributed by atoms with van der Waals surface area (Å²) in [6.45, 7) is 1.79. The molecule has 0 radical (unpaired) electrons. The van der Waals surface area contributed by atoms with Crippen molar-refractivity contribution in [2.45, 2.75) is 13.3 Å². The van der Waals surface area contributed by atoms with E-state index in [-0.39, 0.29) is 17.9 Å². The van der Waals surface area contributed by atoms with Gasteiger partial charge in [0.2, 0.25) is 0 Å². The van der Waals surface area contributed by atoms with Crippen LogP contribution in [0.3, 0.4) is 0 Å². The van der Waals surface area contributed by atoms with Crippen LogP contribution >= 0.6 is 0 Å². The molecular formula is C16H17NO4. The monoisotopic (exact) mass is 287 g/mol. The normalized spacial score (nSPS) is 12.0. The summed E-state index contributed by atoms with van der Waals surface area (Å²) in [7, 11) is 0. The van der Waals surface area contributed by atoms with Crippen LogP contribution in [-0.2, 0) is 4.79 Å². The molecule has 0 aliphatic rings. The van der Waals surface area contributed by atoms with Gasteiger partial charge in [-0.3, -0.25) is 9.59 Å². The van der Waals surface area contributed by atoms with Crippen LogP contribution in [0.5, 0.6) is 5.75 Å². The van der Waals surface area contributed by atoms with Gasteiger partial charge in [-0.2, -0.15) is 0 Å². The fraction of sp³-hybridized carbons (Fsp3) is 0.250. The van der Waals surface area contributed by atoms with Gasteiger partial charge >= 0.3 is 5.97 Å². The molecule has 0 aliphatic heterocycles. The molecule has 0 heterocycles. The van der Waals surface area contributed by atoms with Gasteiger partial charge in [-0.05, 0) is 17.9 Å². The first-order valence-electron chi connectivity index (χ1n) is 6.76. The Bertz CT molecular complexity index is 681. The number of carboxylic acids is 1. The Balaban J connectivity index is 2.20. The Labute approximate surface area is 122 Å². The first kappa shape index (κ1) is 14.8. The number of rotatable bonds is 5. The summed E-state index contributed by atoms with van der Waals surface area (Å²) in [5.74, 6) is -2.14. The summed E-state index contributed by atoms with van der Waals surface area (Å²) in [4.78, 5) is 23.0. The SMILES string of the molecule is CCC(CNC(=O)c1ccc2ccccc2c1O)C(=O)O. The molecule has 0 bridgehead atoms. The van der Waals surface area contributed by atoms with E-state index in [9.17, 15) is 14.7 Å². The molecule has 0 saturated heterocycles. The molecular weight excluding hydrogens is 270 g/mol. The van der Waals surface area contributed by atoms with Gasteiger partial charge in [0, 0.05) is 11.9 Å². The van der Waals surface area contributed by atoms with Gasteiger partial charge in [0.25, 0.3) is 5.91 Å². The van der Waals surface area contributed by atoms with E-state index < -0.39 is 17.8 Å². The lowest BCUT2D eigenvalue weighted by molar-refractivity contribution is -0.141. The van der Waals surface area contributed by atoms with Crippen LogP contribution in [0.4, 0.5) is 0 Å². The molecule has 5 nitrogen and oxygen atoms in total. The summed E-state index contributed by atoms with van der Waals surface area (Å²) in [5, 5.41) is 23.1. The number of nitrogens with one attached hydrogen (secondary N) is 1. The zero-order valence-corrected chi connectivity index (χ0v) is 11.7. The van der Waals surface area contributed by atoms with E-state index in [1.54, 1.807) is 25.1 Å². The van der Waals surface area contributed by atoms with Crippen LogP contribution in [0.2, 0.25) is 0 Å². The average molecular weight is 287 g/mol. The van der Waals surface area contributed by atoms with Crippen LogP contribution < -0.4 is 5.32 Å². The Morgan fingerprint density at radius 3 is 2.57 bits per heavy atom. The third-order valence-electron chi connectivity index (χ3n) is 3.50. The smallest absolute Gasteiger partial charge is 0.308 e. The molecule has 0 fully saturated rings. The first-order chi connectivity index (χ1) is 10.0. The van der Waals surface area contributed by atoms with Crippen molar-refractivity contribution in [1.82, 2.24) is 5.32 Å². The third kappa shape index (κ3) is 3.13. The molecule has 2 rings (SSSR count). The van der Waals surface area contributed by atoms with E-state index in [2.05, 4.69) is 5.32 Å². The number of hydrogen-bond donors (Lipinski definition) is 3. The standard InChI is InChI=1S/C16H17NO4/c1-2-10(16(20)21)9-17-15(19)13-8-7-11-5-3-4-6-12(11)14(13)18/h3-8,10,18H,2,9H2,1H3,(H,17,19)(H,20,21). The zero-order valence-electron chi connectivity index (χ0n) is 11.7. The molecule has 2 aromatic rings. The second-order valence-corrected chi connectivity index (χ2v) is 4.84. The maximum absolute atomic E-state index is 12.1. The van der Waals surface area contributed by atoms with Gasteiger partial charge < -0.3 is 15.5 Å². The number of carbonyl (C=O) groups excluding carboxylic acids is 1. The highest BCUT2D eigenvalue weighted by Gasteiger charge is 2.18. The molecule has 2 aromatic carbocycles. The lowest BCUT2D eigenvalue weighted by atomic mass is 10.0. The summed E-state index contributed by atoms with van der Waals surface area (Å²) in [5.41, 5.74) is 0.147. The molecule has 21 heavy (non-hydrogen) atoms. The maximum atomic E-state index is 12.1. The number of aliphatic carboxylic acids is 1. The Hall–Kier alpha value is -2.56. The van der Waals surface area contributed by atoms with Crippen molar-refractivity contribution >= 4 is 22.6 Å². The molecule has 5 heteroatoms. The summed E-state index contributed by atoms with van der Waals surface area (Å²) in [6, 6.07) is 10.5. The third-order valence-corrected chi connectivity index (χ3v) is 3.50. The van der Waals surface area contributed by atoms with Crippen molar-refractivity contribution in [2.24, 2.45) is 5.92 Å². The quantitative estimate of drug-likeness (QED) is 0.788. The van der Waals surface area contributed by atoms with Crippen LogP contribution in [0.15, 0.2) is 36.4 Å². The Kier molecular flexibility index (Phi) is 4.42. The van der Waals surface area contributed by atoms with Gasteiger partial charge in [0.05, 0.1) is 11.5 Å². The number of carbonyl (C=O) groups is 2. The molecule has 1 unspecified atom stereocenters. The van der Waals surface area contributed by atoms with Crippen molar-refractivity contribution in [3.05, 3.63) is 42.0 Å². The highest BCUT2D eigenvalue weighted by Crippen LogP contribution is 2.28. The number of benzene rings is 2. The summed E-state index contributed by atoms with van der Waals surface area (Å²) >= 11 is 0. The van der Waals surface area contributed by atoms with Crippen molar-refractivity contribution in [1.29, 1.82) is 0 Å². The lowest BCUT2D eigenvalue weighted by Crippen LogP contribution is -2.32. The van der Waals surface area contributed by atoms with Crippen LogP contribution in [0.1, 0.15) is 23.7 Å². The molecule has 1 atom stereocenters. The Morgan fingerprint density at radius 1 is 1.19 bits per heavy atom. The van der Waals surface area contributed by atoms with Crippen molar-refractivity contribution in [2.75, 3.05) is 6.54 Å². The molecule has 1 amide bonds. The largest absolute Gasteiger partial charge is 0.506 e. The lowest BCUT2D eigenvalue weighted by Gasteiger charge is -2.12. The number of fused-ring (bicyclic) bond motifs is 1. The Morgan fingerprint density at radius 2 is 1.90 bits per heavy atom. The van der Waals surface area contributed by atoms with E-state index in [4.69, 9.17) is 5.11 Å². The predicted molar refractivity (Wildman–Crippen MR) is 79.4 cm³/mol. The van der Waals surface area contributed by atoms with Gasteiger partial charge in [0.1, 0.15) is 5.75 Å². The molecule has 110 valence electrons. The van der Waals surface area contributed by atoms with E-state index >= 15 is 0 Å². The van der Waals surface area contributed by atoms with Crippen LogP contribution in [-0.4, -0.2) is 28.6 Å². The average Bonchev–Trinajstić information content (AvgIpc) is 2.48. The molecule has 0 aromatic heterocycles. The second kappa shape index (κ2) is 6.26. The topological polar surface area (TPSA) is 86.6 Å². The van der Waals surface area contributed by atoms with E-state index in [1.807, 2.05) is 12.1 Å². The number of aromatic hydroxyl groups is 1. The molecule has 0 spiro atoms. The second-order valence-electron chi connectivity index (χ2n) is 4.84. The summed E-state index contributed by atoms with van der Waals surface area (Å²) < 4.78 is 0. The summed E-state index contributed by atoms with van der Waals surface area (Å²) in [6.07, 6.45) is 0.430. The van der Waals surface area contributed by atoms with Crippen LogP contribution in [0.25, 0.3) is 10.8 Å².